The van der Waals surface area contributed by atoms with Crippen molar-refractivity contribution < 1.29 is 14.2 Å². The maximum absolute atomic E-state index is 5.55. The number of hydrogen-bond donors (Lipinski definition) is 2. The Labute approximate surface area is 200 Å². The summed E-state index contributed by atoms with van der Waals surface area (Å²) < 4.78 is 18.3. The number of aromatic nitrogens is 3. The fraction of sp³-hybridized carbons (Fsp3) is 0.550. The molecule has 0 radical (unpaired) electrons. The normalized spacial score (nSPS) is 15.7. The van der Waals surface area contributed by atoms with Crippen molar-refractivity contribution in [3.05, 3.63) is 35.9 Å². The van der Waals surface area contributed by atoms with Gasteiger partial charge in [0.15, 0.2) is 23.3 Å². The number of aryl methyl sites for hydroxylation is 1. The van der Waals surface area contributed by atoms with Crippen molar-refractivity contribution in [3.63, 3.8) is 0 Å². The number of halogens is 1. The van der Waals surface area contributed by atoms with Crippen LogP contribution < -0.4 is 20.1 Å². The molecule has 1 aromatic carbocycles. The van der Waals surface area contributed by atoms with E-state index in [0.29, 0.717) is 19.0 Å². The Bertz CT molecular complexity index is 840. The number of benzene rings is 1. The molecular weight excluding hydrogens is 513 g/mol. The second-order valence-corrected chi connectivity index (χ2v) is 6.94. The number of guanidine groups is 1. The molecule has 1 fully saturated rings. The minimum atomic E-state index is 0. The number of morpholine rings is 1. The topological polar surface area (TPSA) is 98.1 Å². The molecule has 0 amide bonds. The number of rotatable bonds is 8. The predicted octanol–water partition coefficient (Wildman–Crippen LogP) is 1.19. The minimum absolute atomic E-state index is 0. The monoisotopic (exact) mass is 545 g/mol. The molecule has 1 aromatic heterocycles. The van der Waals surface area contributed by atoms with Gasteiger partial charge in [0.2, 0.25) is 0 Å². The van der Waals surface area contributed by atoms with Crippen molar-refractivity contribution >= 4 is 29.9 Å². The Balaban J connectivity index is 0.00000341. The molecular formula is C20H32IN7O3. The second-order valence-electron chi connectivity index (χ2n) is 6.94. The van der Waals surface area contributed by atoms with Crippen LogP contribution >= 0.6 is 24.0 Å². The van der Waals surface area contributed by atoms with Crippen LogP contribution in [0.4, 0.5) is 0 Å². The van der Waals surface area contributed by atoms with Crippen molar-refractivity contribution in [2.75, 3.05) is 54.1 Å². The first kappa shape index (κ1) is 25.1. The Kier molecular flexibility index (Phi) is 10.3. The Morgan fingerprint density at radius 1 is 1.19 bits per heavy atom. The minimum Gasteiger partial charge on any atom is -0.493 e. The van der Waals surface area contributed by atoms with Crippen LogP contribution in [0, 0.1) is 0 Å². The van der Waals surface area contributed by atoms with E-state index in [1.54, 1.807) is 27.6 Å². The van der Waals surface area contributed by atoms with Gasteiger partial charge in [-0.15, -0.1) is 34.2 Å². The molecule has 2 N–H and O–H groups in total. The molecule has 1 aliphatic rings. The number of methoxy groups -OCH3 is 2. The number of hydrogen-bond acceptors (Lipinski definition) is 7. The van der Waals surface area contributed by atoms with Crippen molar-refractivity contribution in [1.82, 2.24) is 30.3 Å². The average molecular weight is 545 g/mol. The zero-order chi connectivity index (χ0) is 21.3. The molecule has 1 aliphatic heterocycles. The maximum atomic E-state index is 5.55. The van der Waals surface area contributed by atoms with E-state index in [-0.39, 0.29) is 30.0 Å². The van der Waals surface area contributed by atoms with Crippen LogP contribution in [0.5, 0.6) is 11.5 Å². The van der Waals surface area contributed by atoms with Crippen molar-refractivity contribution in [2.45, 2.75) is 12.6 Å². The van der Waals surface area contributed by atoms with Crippen molar-refractivity contribution in [3.8, 4) is 11.5 Å². The lowest BCUT2D eigenvalue weighted by atomic mass is 10.0. The van der Waals surface area contributed by atoms with E-state index in [9.17, 15) is 0 Å². The summed E-state index contributed by atoms with van der Waals surface area (Å²) in [5.74, 6) is 2.98. The predicted molar refractivity (Wildman–Crippen MR) is 129 cm³/mol. The van der Waals surface area contributed by atoms with Crippen LogP contribution in [0.1, 0.15) is 17.4 Å². The van der Waals surface area contributed by atoms with Gasteiger partial charge in [-0.25, -0.2) is 0 Å². The van der Waals surface area contributed by atoms with Gasteiger partial charge in [0.05, 0.1) is 40.0 Å². The molecule has 0 bridgehead atoms. The van der Waals surface area contributed by atoms with Crippen LogP contribution in [-0.2, 0) is 18.3 Å². The lowest BCUT2D eigenvalue weighted by Gasteiger charge is -2.35. The van der Waals surface area contributed by atoms with Gasteiger partial charge in [-0.3, -0.25) is 9.89 Å². The molecule has 31 heavy (non-hydrogen) atoms. The fourth-order valence-corrected chi connectivity index (χ4v) is 3.45. The van der Waals surface area contributed by atoms with Crippen LogP contribution in [0.2, 0.25) is 0 Å². The highest BCUT2D eigenvalue weighted by molar-refractivity contribution is 14.0. The summed E-state index contributed by atoms with van der Waals surface area (Å²) in [6, 6.07) is 6.19. The smallest absolute Gasteiger partial charge is 0.191 e. The Morgan fingerprint density at radius 2 is 1.94 bits per heavy atom. The number of nitrogens with zero attached hydrogens (tertiary/aromatic N) is 5. The summed E-state index contributed by atoms with van der Waals surface area (Å²) in [7, 11) is 6.97. The van der Waals surface area contributed by atoms with Crippen molar-refractivity contribution in [1.29, 1.82) is 0 Å². The first-order chi connectivity index (χ1) is 14.7. The van der Waals surface area contributed by atoms with E-state index in [1.165, 1.54) is 0 Å². The fourth-order valence-electron chi connectivity index (χ4n) is 3.45. The van der Waals surface area contributed by atoms with E-state index in [0.717, 1.165) is 49.2 Å². The molecule has 1 unspecified atom stereocenters. The highest BCUT2D eigenvalue weighted by atomic mass is 127. The molecule has 11 heteroatoms. The summed E-state index contributed by atoms with van der Waals surface area (Å²) in [5, 5.41) is 14.7. The standard InChI is InChI=1S/C20H31N7O3.HI/c1-21-20(23-13-19-25-24-14-26(19)2)22-12-16(27-7-9-30-10-8-27)15-5-6-17(28-3)18(11-15)29-4;/h5-6,11,14,16H,7-10,12-13H2,1-4H3,(H2,21,22,23);1H. The van der Waals surface area contributed by atoms with Gasteiger partial charge < -0.3 is 29.4 Å². The molecule has 10 nitrogen and oxygen atoms in total. The molecule has 172 valence electrons. The van der Waals surface area contributed by atoms with Gasteiger partial charge in [-0.1, -0.05) is 6.07 Å². The molecule has 2 aromatic rings. The molecule has 0 spiro atoms. The molecule has 2 heterocycles. The Morgan fingerprint density at radius 3 is 2.55 bits per heavy atom. The third kappa shape index (κ3) is 6.68. The van der Waals surface area contributed by atoms with Crippen molar-refractivity contribution in [2.24, 2.45) is 12.0 Å². The first-order valence-electron chi connectivity index (χ1n) is 9.97. The van der Waals surface area contributed by atoms with Crippen LogP contribution in [0.3, 0.4) is 0 Å². The molecule has 0 aliphatic carbocycles. The Hall–Kier alpha value is -2.12. The van der Waals surface area contributed by atoms with E-state index < -0.39 is 0 Å². The largest absolute Gasteiger partial charge is 0.493 e. The van der Waals surface area contributed by atoms with Gasteiger partial charge >= 0.3 is 0 Å². The summed E-state index contributed by atoms with van der Waals surface area (Å²) in [5.41, 5.74) is 1.14. The molecule has 1 atom stereocenters. The maximum Gasteiger partial charge on any atom is 0.191 e. The molecule has 1 saturated heterocycles. The van der Waals surface area contributed by atoms with E-state index >= 15 is 0 Å². The second kappa shape index (κ2) is 12.7. The van der Waals surface area contributed by atoms with Gasteiger partial charge in [-0.05, 0) is 17.7 Å². The van der Waals surface area contributed by atoms with Gasteiger partial charge in [0, 0.05) is 33.7 Å². The van der Waals surface area contributed by atoms with Crippen LogP contribution in [0.25, 0.3) is 0 Å². The lowest BCUT2D eigenvalue weighted by molar-refractivity contribution is 0.0169. The van der Waals surface area contributed by atoms with E-state index in [2.05, 4.69) is 36.8 Å². The van der Waals surface area contributed by atoms with Gasteiger partial charge in [0.1, 0.15) is 6.33 Å². The summed E-state index contributed by atoms with van der Waals surface area (Å²) in [4.78, 5) is 6.75. The van der Waals surface area contributed by atoms with Gasteiger partial charge in [0.25, 0.3) is 0 Å². The first-order valence-corrected chi connectivity index (χ1v) is 9.97. The summed E-state index contributed by atoms with van der Waals surface area (Å²) in [6.07, 6.45) is 1.68. The van der Waals surface area contributed by atoms with Crippen LogP contribution in [0.15, 0.2) is 29.5 Å². The van der Waals surface area contributed by atoms with Gasteiger partial charge in [-0.2, -0.15) is 0 Å². The summed E-state index contributed by atoms with van der Waals surface area (Å²) >= 11 is 0. The number of aliphatic imine (C=N–C) groups is 1. The quantitative estimate of drug-likeness (QED) is 0.290. The van der Waals surface area contributed by atoms with E-state index in [1.807, 2.05) is 23.7 Å². The van der Waals surface area contributed by atoms with Crippen LogP contribution in [-0.4, -0.2) is 79.7 Å². The third-order valence-corrected chi connectivity index (χ3v) is 5.18. The zero-order valence-electron chi connectivity index (χ0n) is 18.5. The SMILES string of the molecule is CN=C(NCc1nncn1C)NCC(c1ccc(OC)c(OC)c1)N1CCOCC1.I. The average Bonchev–Trinajstić information content (AvgIpc) is 3.21. The van der Waals surface area contributed by atoms with E-state index in [4.69, 9.17) is 14.2 Å². The highest BCUT2D eigenvalue weighted by Gasteiger charge is 2.24. The number of nitrogens with one attached hydrogen (secondary N) is 2. The highest BCUT2D eigenvalue weighted by Crippen LogP contribution is 2.32. The molecule has 0 saturated carbocycles. The zero-order valence-corrected chi connectivity index (χ0v) is 20.8. The third-order valence-electron chi connectivity index (χ3n) is 5.18. The number of ether oxygens (including phenoxy) is 3. The molecule has 3 rings (SSSR count). The lowest BCUT2D eigenvalue weighted by Crippen LogP contribution is -2.46. The summed E-state index contributed by atoms with van der Waals surface area (Å²) in [6.45, 7) is 4.39.